The average molecular weight is 321 g/mol. The van der Waals surface area contributed by atoms with Crippen molar-refractivity contribution in [3.05, 3.63) is 71.2 Å². The van der Waals surface area contributed by atoms with E-state index in [0.29, 0.717) is 11.4 Å². The van der Waals surface area contributed by atoms with E-state index >= 15 is 0 Å². The molecule has 24 heavy (non-hydrogen) atoms. The number of halogens is 1. The summed E-state index contributed by atoms with van der Waals surface area (Å²) in [5.74, 6) is -1.15. The van der Waals surface area contributed by atoms with E-state index in [2.05, 4.69) is 10.5 Å². The highest BCUT2D eigenvalue weighted by atomic mass is 19.1. The van der Waals surface area contributed by atoms with Crippen molar-refractivity contribution in [3.63, 3.8) is 0 Å². The molecule has 0 bridgehead atoms. The van der Waals surface area contributed by atoms with E-state index in [1.165, 1.54) is 18.2 Å². The summed E-state index contributed by atoms with van der Waals surface area (Å²) >= 11 is 0. The summed E-state index contributed by atoms with van der Waals surface area (Å²) in [5.41, 5.74) is 2.63. The summed E-state index contributed by atoms with van der Waals surface area (Å²) in [6, 6.07) is 14.6. The summed E-state index contributed by atoms with van der Waals surface area (Å²) in [6.07, 6.45) is 0. The maximum Gasteiger partial charge on any atom is 0.294 e. The second kappa shape index (κ2) is 6.34. The minimum atomic E-state index is -0.642. The summed E-state index contributed by atoms with van der Waals surface area (Å²) in [4.78, 5) is 12.2. The van der Waals surface area contributed by atoms with Crippen molar-refractivity contribution >= 4 is 11.6 Å². The SMILES string of the molecule is Cc1ccc(-c2cc(C(=O)Nc3ccc(F)c(C#N)c3)on2)cc1. The molecule has 2 aromatic carbocycles. The Morgan fingerprint density at radius 3 is 2.67 bits per heavy atom. The number of benzene rings is 2. The Kier molecular flexibility index (Phi) is 4.08. The smallest absolute Gasteiger partial charge is 0.294 e. The van der Waals surface area contributed by atoms with E-state index < -0.39 is 11.7 Å². The summed E-state index contributed by atoms with van der Waals surface area (Å²) in [7, 11) is 0. The molecule has 3 rings (SSSR count). The maximum absolute atomic E-state index is 13.3. The number of amides is 1. The summed E-state index contributed by atoms with van der Waals surface area (Å²) in [5, 5.41) is 15.2. The molecule has 0 atom stereocenters. The zero-order valence-electron chi connectivity index (χ0n) is 12.7. The molecule has 0 radical (unpaired) electrons. The fourth-order valence-corrected chi connectivity index (χ4v) is 2.12. The van der Waals surface area contributed by atoms with Crippen molar-refractivity contribution < 1.29 is 13.7 Å². The molecule has 0 saturated carbocycles. The zero-order chi connectivity index (χ0) is 17.1. The third-order valence-corrected chi connectivity index (χ3v) is 3.43. The van der Waals surface area contributed by atoms with Gasteiger partial charge in [0.2, 0.25) is 5.76 Å². The zero-order valence-corrected chi connectivity index (χ0v) is 12.7. The quantitative estimate of drug-likeness (QED) is 0.793. The molecule has 0 aliphatic rings. The standard InChI is InChI=1S/C18H12FN3O2/c1-11-2-4-12(5-3-11)16-9-17(24-22-16)18(23)21-14-6-7-15(19)13(8-14)10-20/h2-9H,1H3,(H,21,23). The van der Waals surface area contributed by atoms with Crippen LogP contribution in [0.1, 0.15) is 21.7 Å². The molecule has 1 amide bonds. The fourth-order valence-electron chi connectivity index (χ4n) is 2.12. The number of nitrogens with zero attached hydrogens (tertiary/aromatic N) is 2. The van der Waals surface area contributed by atoms with Crippen LogP contribution in [-0.2, 0) is 0 Å². The van der Waals surface area contributed by atoms with Gasteiger partial charge >= 0.3 is 0 Å². The van der Waals surface area contributed by atoms with Gasteiger partial charge in [-0.1, -0.05) is 35.0 Å². The van der Waals surface area contributed by atoms with E-state index in [-0.39, 0.29) is 11.3 Å². The summed E-state index contributed by atoms with van der Waals surface area (Å²) < 4.78 is 18.3. The molecule has 0 saturated heterocycles. The molecule has 6 heteroatoms. The van der Waals surface area contributed by atoms with Crippen molar-refractivity contribution in [2.45, 2.75) is 6.92 Å². The van der Waals surface area contributed by atoms with Gasteiger partial charge in [0.25, 0.3) is 5.91 Å². The van der Waals surface area contributed by atoms with E-state index in [0.717, 1.165) is 17.2 Å². The van der Waals surface area contributed by atoms with Crippen LogP contribution in [0, 0.1) is 24.1 Å². The van der Waals surface area contributed by atoms with E-state index in [4.69, 9.17) is 9.78 Å². The molecule has 3 aromatic rings. The molecule has 0 aliphatic heterocycles. The normalized spacial score (nSPS) is 10.2. The molecule has 118 valence electrons. The topological polar surface area (TPSA) is 78.9 Å². The van der Waals surface area contributed by atoms with Crippen LogP contribution in [0.3, 0.4) is 0 Å². The Hall–Kier alpha value is -3.46. The molecular weight excluding hydrogens is 309 g/mol. The number of carbonyl (C=O) groups is 1. The first-order valence-corrected chi connectivity index (χ1v) is 7.11. The third-order valence-electron chi connectivity index (χ3n) is 3.43. The van der Waals surface area contributed by atoms with Crippen LogP contribution in [0.5, 0.6) is 0 Å². The second-order valence-electron chi connectivity index (χ2n) is 5.20. The predicted molar refractivity (Wildman–Crippen MR) is 85.7 cm³/mol. The lowest BCUT2D eigenvalue weighted by atomic mass is 10.1. The lowest BCUT2D eigenvalue weighted by Crippen LogP contribution is -2.11. The molecule has 5 nitrogen and oxygen atoms in total. The van der Waals surface area contributed by atoms with Gasteiger partial charge in [0, 0.05) is 17.3 Å². The number of rotatable bonds is 3. The van der Waals surface area contributed by atoms with E-state index in [1.54, 1.807) is 6.07 Å². The average Bonchev–Trinajstić information content (AvgIpc) is 3.07. The van der Waals surface area contributed by atoms with Gasteiger partial charge in [0.15, 0.2) is 0 Å². The Morgan fingerprint density at radius 1 is 1.21 bits per heavy atom. The van der Waals surface area contributed by atoms with Crippen molar-refractivity contribution in [1.82, 2.24) is 5.16 Å². The van der Waals surface area contributed by atoms with Crippen LogP contribution in [0.25, 0.3) is 11.3 Å². The highest BCUT2D eigenvalue weighted by Crippen LogP contribution is 2.21. The highest BCUT2D eigenvalue weighted by molar-refractivity contribution is 6.02. The van der Waals surface area contributed by atoms with Gasteiger partial charge in [-0.15, -0.1) is 0 Å². The Labute approximate surface area is 137 Å². The number of nitrogens with one attached hydrogen (secondary N) is 1. The van der Waals surface area contributed by atoms with Crippen LogP contribution >= 0.6 is 0 Å². The Morgan fingerprint density at radius 2 is 1.96 bits per heavy atom. The first-order chi connectivity index (χ1) is 11.6. The number of carbonyl (C=O) groups excluding carboxylic acids is 1. The highest BCUT2D eigenvalue weighted by Gasteiger charge is 2.15. The lowest BCUT2D eigenvalue weighted by molar-refractivity contribution is 0.0988. The van der Waals surface area contributed by atoms with Gasteiger partial charge in [-0.25, -0.2) is 4.39 Å². The summed E-state index contributed by atoms with van der Waals surface area (Å²) in [6.45, 7) is 1.98. The van der Waals surface area contributed by atoms with Crippen LogP contribution in [0.4, 0.5) is 10.1 Å². The minimum absolute atomic E-state index is 0.0217. The molecular formula is C18H12FN3O2. The molecule has 0 fully saturated rings. The van der Waals surface area contributed by atoms with Crippen LogP contribution in [-0.4, -0.2) is 11.1 Å². The van der Waals surface area contributed by atoms with Gasteiger partial charge in [-0.05, 0) is 25.1 Å². The molecule has 0 unspecified atom stereocenters. The maximum atomic E-state index is 13.3. The van der Waals surface area contributed by atoms with E-state index in [9.17, 15) is 9.18 Å². The van der Waals surface area contributed by atoms with Crippen molar-refractivity contribution in [1.29, 1.82) is 5.26 Å². The molecule has 0 spiro atoms. The van der Waals surface area contributed by atoms with Gasteiger partial charge in [0.1, 0.15) is 17.6 Å². The molecule has 0 aliphatic carbocycles. The monoisotopic (exact) mass is 321 g/mol. The van der Waals surface area contributed by atoms with Gasteiger partial charge < -0.3 is 9.84 Å². The first kappa shape index (κ1) is 15.4. The number of aryl methyl sites for hydroxylation is 1. The number of hydrogen-bond donors (Lipinski definition) is 1. The van der Waals surface area contributed by atoms with Crippen molar-refractivity contribution in [2.24, 2.45) is 0 Å². The Balaban J connectivity index is 1.79. The fraction of sp³-hybridized carbons (Fsp3) is 0.0556. The Bertz CT molecular complexity index is 940. The van der Waals surface area contributed by atoms with Crippen molar-refractivity contribution in [3.8, 4) is 17.3 Å². The van der Waals surface area contributed by atoms with Crippen LogP contribution in [0.2, 0.25) is 0 Å². The molecule has 1 aromatic heterocycles. The minimum Gasteiger partial charge on any atom is -0.350 e. The van der Waals surface area contributed by atoms with Crippen LogP contribution in [0.15, 0.2) is 53.1 Å². The van der Waals surface area contributed by atoms with Crippen molar-refractivity contribution in [2.75, 3.05) is 5.32 Å². The first-order valence-electron chi connectivity index (χ1n) is 7.11. The number of nitriles is 1. The molecule has 1 heterocycles. The number of aromatic nitrogens is 1. The largest absolute Gasteiger partial charge is 0.350 e. The van der Waals surface area contributed by atoms with E-state index in [1.807, 2.05) is 31.2 Å². The lowest BCUT2D eigenvalue weighted by Gasteiger charge is -2.03. The number of anilines is 1. The van der Waals surface area contributed by atoms with Gasteiger partial charge in [0.05, 0.1) is 5.56 Å². The number of hydrogen-bond acceptors (Lipinski definition) is 4. The van der Waals surface area contributed by atoms with Crippen LogP contribution < -0.4 is 5.32 Å². The predicted octanol–water partition coefficient (Wildman–Crippen LogP) is 3.91. The van der Waals surface area contributed by atoms with Gasteiger partial charge in [-0.3, -0.25) is 4.79 Å². The molecule has 1 N–H and O–H groups in total. The third kappa shape index (κ3) is 3.15. The van der Waals surface area contributed by atoms with Gasteiger partial charge in [-0.2, -0.15) is 5.26 Å². The second-order valence-corrected chi connectivity index (χ2v) is 5.20.